The van der Waals surface area contributed by atoms with Crippen LogP contribution in [0.3, 0.4) is 0 Å². The van der Waals surface area contributed by atoms with E-state index in [1.807, 2.05) is 12.1 Å². The Hall–Kier alpha value is -1.73. The largest absolute Gasteiger partial charge is 0.325 e. The Kier molecular flexibility index (Phi) is 6.75. The number of hydrogen-bond acceptors (Lipinski definition) is 5. The number of benzene rings is 1. The molecule has 0 bridgehead atoms. The van der Waals surface area contributed by atoms with E-state index >= 15 is 0 Å². The van der Waals surface area contributed by atoms with E-state index in [1.54, 1.807) is 11.3 Å². The van der Waals surface area contributed by atoms with Crippen LogP contribution in [0.4, 0.5) is 5.69 Å². The lowest BCUT2D eigenvalue weighted by Crippen LogP contribution is -2.48. The molecule has 0 unspecified atom stereocenters. The van der Waals surface area contributed by atoms with Crippen LogP contribution < -0.4 is 5.32 Å². The molecule has 0 aliphatic carbocycles. The molecule has 0 spiro atoms. The highest BCUT2D eigenvalue weighted by atomic mass is 32.1. The smallest absolute Gasteiger partial charge is 0.238 e. The second-order valence-corrected chi connectivity index (χ2v) is 8.69. The minimum absolute atomic E-state index is 0.0820. The van der Waals surface area contributed by atoms with Crippen LogP contribution in [0.1, 0.15) is 24.0 Å². The standard InChI is InChI=1S/C22H30N4OS/c27-22(17-26-12-10-25(11-13-26)16-20-7-14-28-18-20)23-21-5-3-19(4-6-21)15-24-8-1-2-9-24/h3-7,14,18H,1-2,8-13,15-17H2,(H,23,27). The number of anilines is 1. The van der Waals surface area contributed by atoms with Crippen LogP contribution >= 0.6 is 11.3 Å². The minimum Gasteiger partial charge on any atom is -0.325 e. The van der Waals surface area contributed by atoms with Gasteiger partial charge in [-0.05, 0) is 66.0 Å². The summed E-state index contributed by atoms with van der Waals surface area (Å²) in [5.74, 6) is 0.0820. The summed E-state index contributed by atoms with van der Waals surface area (Å²) in [6.07, 6.45) is 2.63. The van der Waals surface area contributed by atoms with Crippen molar-refractivity contribution in [1.82, 2.24) is 14.7 Å². The van der Waals surface area contributed by atoms with Gasteiger partial charge in [0.15, 0.2) is 0 Å². The number of likely N-dealkylation sites (tertiary alicyclic amines) is 1. The number of carbonyl (C=O) groups excluding carboxylic acids is 1. The van der Waals surface area contributed by atoms with Crippen molar-refractivity contribution >= 4 is 22.9 Å². The fourth-order valence-corrected chi connectivity index (χ4v) is 4.70. The highest BCUT2D eigenvalue weighted by Crippen LogP contribution is 2.16. The third-order valence-corrected chi connectivity index (χ3v) is 6.39. The van der Waals surface area contributed by atoms with Crippen molar-refractivity contribution in [2.24, 2.45) is 0 Å². The molecule has 5 nitrogen and oxygen atoms in total. The van der Waals surface area contributed by atoms with E-state index in [9.17, 15) is 4.79 Å². The molecular weight excluding hydrogens is 368 g/mol. The molecule has 2 fully saturated rings. The third-order valence-electron chi connectivity index (χ3n) is 5.66. The Labute approximate surface area is 171 Å². The van der Waals surface area contributed by atoms with Gasteiger partial charge in [-0.15, -0.1) is 0 Å². The summed E-state index contributed by atoms with van der Waals surface area (Å²) in [4.78, 5) is 19.6. The summed E-state index contributed by atoms with van der Waals surface area (Å²) in [7, 11) is 0. The molecule has 28 heavy (non-hydrogen) atoms. The molecular formula is C22H30N4OS. The first-order valence-corrected chi connectivity index (χ1v) is 11.3. The van der Waals surface area contributed by atoms with Gasteiger partial charge in [-0.25, -0.2) is 0 Å². The topological polar surface area (TPSA) is 38.8 Å². The predicted octanol–water partition coefficient (Wildman–Crippen LogP) is 3.10. The van der Waals surface area contributed by atoms with Gasteiger partial charge in [0.25, 0.3) is 0 Å². The second kappa shape index (κ2) is 9.65. The zero-order chi connectivity index (χ0) is 19.2. The lowest BCUT2D eigenvalue weighted by atomic mass is 10.2. The first-order valence-electron chi connectivity index (χ1n) is 10.3. The highest BCUT2D eigenvalue weighted by molar-refractivity contribution is 7.07. The number of carbonyl (C=O) groups is 1. The van der Waals surface area contributed by atoms with Crippen molar-refractivity contribution in [3.8, 4) is 0 Å². The monoisotopic (exact) mass is 398 g/mol. The van der Waals surface area contributed by atoms with E-state index in [0.29, 0.717) is 6.54 Å². The molecule has 2 aliphatic heterocycles. The molecule has 3 heterocycles. The van der Waals surface area contributed by atoms with E-state index in [1.165, 1.54) is 37.1 Å². The zero-order valence-electron chi connectivity index (χ0n) is 16.5. The van der Waals surface area contributed by atoms with Crippen LogP contribution in [0.15, 0.2) is 41.1 Å². The Bertz CT molecular complexity index is 732. The van der Waals surface area contributed by atoms with Crippen molar-refractivity contribution in [2.75, 3.05) is 51.1 Å². The zero-order valence-corrected chi connectivity index (χ0v) is 17.3. The summed E-state index contributed by atoms with van der Waals surface area (Å²) in [6.45, 7) is 8.87. The lowest BCUT2D eigenvalue weighted by molar-refractivity contribution is -0.117. The number of nitrogens with one attached hydrogen (secondary N) is 1. The number of nitrogens with zero attached hydrogens (tertiary/aromatic N) is 3. The van der Waals surface area contributed by atoms with Gasteiger partial charge >= 0.3 is 0 Å². The Balaban J connectivity index is 1.18. The number of thiophene rings is 1. The van der Waals surface area contributed by atoms with Gasteiger partial charge in [-0.1, -0.05) is 12.1 Å². The molecule has 1 amide bonds. The number of amides is 1. The van der Waals surface area contributed by atoms with Gasteiger partial charge in [0, 0.05) is 45.0 Å². The summed E-state index contributed by atoms with van der Waals surface area (Å²) < 4.78 is 0. The molecule has 0 radical (unpaired) electrons. The molecule has 6 heteroatoms. The molecule has 1 N–H and O–H groups in total. The van der Waals surface area contributed by atoms with Crippen LogP contribution in [0.5, 0.6) is 0 Å². The molecule has 150 valence electrons. The van der Waals surface area contributed by atoms with Gasteiger partial charge < -0.3 is 5.32 Å². The summed E-state index contributed by atoms with van der Waals surface area (Å²) >= 11 is 1.75. The number of hydrogen-bond donors (Lipinski definition) is 1. The Morgan fingerprint density at radius 1 is 0.821 bits per heavy atom. The molecule has 2 saturated heterocycles. The van der Waals surface area contributed by atoms with Gasteiger partial charge in [0.2, 0.25) is 5.91 Å². The summed E-state index contributed by atoms with van der Waals surface area (Å²) in [6, 6.07) is 10.5. The van der Waals surface area contributed by atoms with Crippen LogP contribution in [0.2, 0.25) is 0 Å². The average Bonchev–Trinajstić information content (AvgIpc) is 3.39. The van der Waals surface area contributed by atoms with Crippen LogP contribution in [-0.2, 0) is 17.9 Å². The van der Waals surface area contributed by atoms with E-state index in [4.69, 9.17) is 0 Å². The maximum Gasteiger partial charge on any atom is 0.238 e. The average molecular weight is 399 g/mol. The van der Waals surface area contributed by atoms with Crippen LogP contribution in [0.25, 0.3) is 0 Å². The van der Waals surface area contributed by atoms with Gasteiger partial charge in [0.1, 0.15) is 0 Å². The van der Waals surface area contributed by atoms with Crippen molar-refractivity contribution in [1.29, 1.82) is 0 Å². The van der Waals surface area contributed by atoms with E-state index < -0.39 is 0 Å². The molecule has 0 atom stereocenters. The maximum absolute atomic E-state index is 12.4. The minimum atomic E-state index is 0.0820. The molecule has 4 rings (SSSR count). The molecule has 1 aromatic heterocycles. The highest BCUT2D eigenvalue weighted by Gasteiger charge is 2.19. The Morgan fingerprint density at radius 3 is 2.14 bits per heavy atom. The van der Waals surface area contributed by atoms with Gasteiger partial charge in [0.05, 0.1) is 6.54 Å². The summed E-state index contributed by atoms with van der Waals surface area (Å²) in [5, 5.41) is 7.40. The quantitative estimate of drug-likeness (QED) is 0.778. The van der Waals surface area contributed by atoms with Crippen LogP contribution in [0, 0.1) is 0 Å². The van der Waals surface area contributed by atoms with E-state index in [2.05, 4.69) is 49.0 Å². The molecule has 1 aromatic carbocycles. The second-order valence-electron chi connectivity index (χ2n) is 7.91. The third kappa shape index (κ3) is 5.64. The number of piperazine rings is 1. The fraction of sp³-hybridized carbons (Fsp3) is 0.500. The molecule has 2 aliphatic rings. The molecule has 2 aromatic rings. The van der Waals surface area contributed by atoms with Crippen molar-refractivity contribution in [3.05, 3.63) is 52.2 Å². The predicted molar refractivity (Wildman–Crippen MR) is 116 cm³/mol. The molecule has 0 saturated carbocycles. The first-order chi connectivity index (χ1) is 13.7. The van der Waals surface area contributed by atoms with Crippen molar-refractivity contribution < 1.29 is 4.79 Å². The first kappa shape index (κ1) is 19.6. The van der Waals surface area contributed by atoms with Gasteiger partial charge in [-0.3, -0.25) is 19.5 Å². The SMILES string of the molecule is O=C(CN1CCN(Cc2ccsc2)CC1)Nc1ccc(CN2CCCC2)cc1. The maximum atomic E-state index is 12.4. The normalized spacial score (nSPS) is 19.1. The lowest BCUT2D eigenvalue weighted by Gasteiger charge is -2.34. The van der Waals surface area contributed by atoms with Crippen LogP contribution in [-0.4, -0.2) is 66.4 Å². The number of rotatable bonds is 7. The van der Waals surface area contributed by atoms with E-state index in [-0.39, 0.29) is 5.91 Å². The van der Waals surface area contributed by atoms with Crippen molar-refractivity contribution in [3.63, 3.8) is 0 Å². The Morgan fingerprint density at radius 2 is 1.46 bits per heavy atom. The van der Waals surface area contributed by atoms with Crippen molar-refractivity contribution in [2.45, 2.75) is 25.9 Å². The summed E-state index contributed by atoms with van der Waals surface area (Å²) in [5.41, 5.74) is 3.61. The van der Waals surface area contributed by atoms with Gasteiger partial charge in [-0.2, -0.15) is 11.3 Å². The van der Waals surface area contributed by atoms with E-state index in [0.717, 1.165) is 45.0 Å². The fourth-order valence-electron chi connectivity index (χ4n) is 4.04.